The van der Waals surface area contributed by atoms with Gasteiger partial charge in [0.2, 0.25) is 0 Å². The van der Waals surface area contributed by atoms with E-state index in [1.54, 1.807) is 0 Å². The molecular formula is C11H24N2O. The van der Waals surface area contributed by atoms with Crippen molar-refractivity contribution in [2.75, 3.05) is 26.7 Å². The molecule has 3 unspecified atom stereocenters. The average molecular weight is 200 g/mol. The highest BCUT2D eigenvalue weighted by atomic mass is 16.5. The topological polar surface area (TPSA) is 24.5 Å². The van der Waals surface area contributed by atoms with E-state index in [9.17, 15) is 0 Å². The van der Waals surface area contributed by atoms with Crippen molar-refractivity contribution < 1.29 is 4.74 Å². The molecule has 1 rings (SSSR count). The molecular weight excluding hydrogens is 176 g/mol. The lowest BCUT2D eigenvalue weighted by molar-refractivity contribution is -0.0697. The van der Waals surface area contributed by atoms with Crippen molar-refractivity contribution >= 4 is 0 Å². The summed E-state index contributed by atoms with van der Waals surface area (Å²) in [5.41, 5.74) is 0. The third-order valence-corrected chi connectivity index (χ3v) is 2.87. The second kappa shape index (κ2) is 5.69. The number of likely N-dealkylation sites (N-methyl/N-ethyl adjacent to an activating group) is 1. The van der Waals surface area contributed by atoms with Gasteiger partial charge in [0.15, 0.2) is 0 Å². The van der Waals surface area contributed by atoms with Crippen molar-refractivity contribution in [1.82, 2.24) is 10.2 Å². The van der Waals surface area contributed by atoms with Crippen LogP contribution in [-0.2, 0) is 4.74 Å². The summed E-state index contributed by atoms with van der Waals surface area (Å²) in [5, 5.41) is 3.35. The smallest absolute Gasteiger partial charge is 0.0678 e. The van der Waals surface area contributed by atoms with E-state index >= 15 is 0 Å². The zero-order chi connectivity index (χ0) is 10.6. The zero-order valence-electron chi connectivity index (χ0n) is 9.92. The standard InChI is InChI=1S/C11H24N2O/c1-5-11(12-4)8-13-6-9(2)14-10(3)7-13/h9-12H,5-8H2,1-4H3. The van der Waals surface area contributed by atoms with E-state index in [0.717, 1.165) is 19.6 Å². The van der Waals surface area contributed by atoms with Crippen LogP contribution in [0.2, 0.25) is 0 Å². The Balaban J connectivity index is 2.35. The fourth-order valence-electron chi connectivity index (χ4n) is 2.17. The number of morpholine rings is 1. The van der Waals surface area contributed by atoms with Crippen LogP contribution in [-0.4, -0.2) is 49.8 Å². The first-order valence-electron chi connectivity index (χ1n) is 5.70. The van der Waals surface area contributed by atoms with Crippen molar-refractivity contribution in [2.45, 2.75) is 45.4 Å². The van der Waals surface area contributed by atoms with Gasteiger partial charge in [-0.15, -0.1) is 0 Å². The molecule has 1 aliphatic heterocycles. The average Bonchev–Trinajstić information content (AvgIpc) is 2.12. The van der Waals surface area contributed by atoms with Gasteiger partial charge in [0.05, 0.1) is 12.2 Å². The summed E-state index contributed by atoms with van der Waals surface area (Å²) in [4.78, 5) is 2.50. The van der Waals surface area contributed by atoms with E-state index in [-0.39, 0.29) is 0 Å². The molecule has 3 heteroatoms. The number of rotatable bonds is 4. The minimum atomic E-state index is 0.383. The highest BCUT2D eigenvalue weighted by Gasteiger charge is 2.23. The van der Waals surface area contributed by atoms with Gasteiger partial charge < -0.3 is 10.1 Å². The predicted octanol–water partition coefficient (Wildman–Crippen LogP) is 1.09. The largest absolute Gasteiger partial charge is 0.373 e. The van der Waals surface area contributed by atoms with Crippen LogP contribution in [0.4, 0.5) is 0 Å². The quantitative estimate of drug-likeness (QED) is 0.735. The lowest BCUT2D eigenvalue weighted by Crippen LogP contribution is -2.49. The van der Waals surface area contributed by atoms with E-state index < -0.39 is 0 Å². The number of hydrogen-bond donors (Lipinski definition) is 1. The van der Waals surface area contributed by atoms with Gasteiger partial charge in [0.1, 0.15) is 0 Å². The molecule has 1 heterocycles. The summed E-state index contributed by atoms with van der Waals surface area (Å²) in [6.07, 6.45) is 1.96. The minimum absolute atomic E-state index is 0.383. The Labute approximate surface area is 87.8 Å². The van der Waals surface area contributed by atoms with Crippen LogP contribution in [0.5, 0.6) is 0 Å². The Morgan fingerprint density at radius 3 is 2.36 bits per heavy atom. The molecule has 0 aromatic carbocycles. The second-order valence-corrected chi connectivity index (χ2v) is 4.37. The summed E-state index contributed by atoms with van der Waals surface area (Å²) in [6.45, 7) is 9.83. The summed E-state index contributed by atoms with van der Waals surface area (Å²) in [5.74, 6) is 0. The number of hydrogen-bond acceptors (Lipinski definition) is 3. The van der Waals surface area contributed by atoms with Crippen molar-refractivity contribution in [3.05, 3.63) is 0 Å². The molecule has 0 bridgehead atoms. The molecule has 0 saturated carbocycles. The summed E-state index contributed by atoms with van der Waals surface area (Å²) >= 11 is 0. The van der Waals surface area contributed by atoms with E-state index in [2.05, 4.69) is 31.0 Å². The fraction of sp³-hybridized carbons (Fsp3) is 1.00. The van der Waals surface area contributed by atoms with Crippen LogP contribution in [0.25, 0.3) is 0 Å². The van der Waals surface area contributed by atoms with E-state index in [0.29, 0.717) is 18.2 Å². The molecule has 1 aliphatic rings. The highest BCUT2D eigenvalue weighted by Crippen LogP contribution is 2.11. The molecule has 14 heavy (non-hydrogen) atoms. The summed E-state index contributed by atoms with van der Waals surface area (Å²) < 4.78 is 5.70. The van der Waals surface area contributed by atoms with Crippen LogP contribution in [0.3, 0.4) is 0 Å². The molecule has 1 N–H and O–H groups in total. The van der Waals surface area contributed by atoms with Crippen LogP contribution < -0.4 is 5.32 Å². The van der Waals surface area contributed by atoms with Crippen LogP contribution >= 0.6 is 0 Å². The number of ether oxygens (including phenoxy) is 1. The third kappa shape index (κ3) is 3.56. The van der Waals surface area contributed by atoms with Crippen LogP contribution in [0.1, 0.15) is 27.2 Å². The first kappa shape index (κ1) is 12.0. The van der Waals surface area contributed by atoms with Crippen molar-refractivity contribution in [3.8, 4) is 0 Å². The molecule has 3 atom stereocenters. The van der Waals surface area contributed by atoms with Gasteiger partial charge in [0, 0.05) is 25.7 Å². The monoisotopic (exact) mass is 200 g/mol. The first-order valence-corrected chi connectivity index (χ1v) is 5.70. The molecule has 0 spiro atoms. The van der Waals surface area contributed by atoms with Gasteiger partial charge in [-0.05, 0) is 27.3 Å². The normalized spacial score (nSPS) is 31.7. The molecule has 3 nitrogen and oxygen atoms in total. The number of nitrogens with zero attached hydrogens (tertiary/aromatic N) is 1. The van der Waals surface area contributed by atoms with E-state index in [4.69, 9.17) is 4.74 Å². The SMILES string of the molecule is CCC(CN1CC(C)OC(C)C1)NC. The van der Waals surface area contributed by atoms with Crippen molar-refractivity contribution in [1.29, 1.82) is 0 Å². The molecule has 0 amide bonds. The van der Waals surface area contributed by atoms with E-state index in [1.807, 2.05) is 7.05 Å². The van der Waals surface area contributed by atoms with Gasteiger partial charge >= 0.3 is 0 Å². The van der Waals surface area contributed by atoms with Crippen LogP contribution in [0, 0.1) is 0 Å². The minimum Gasteiger partial charge on any atom is -0.373 e. The Bertz CT molecular complexity index is 149. The molecule has 0 radical (unpaired) electrons. The highest BCUT2D eigenvalue weighted by molar-refractivity contribution is 4.77. The van der Waals surface area contributed by atoms with Crippen LogP contribution in [0.15, 0.2) is 0 Å². The maximum absolute atomic E-state index is 5.70. The lowest BCUT2D eigenvalue weighted by Gasteiger charge is -2.37. The van der Waals surface area contributed by atoms with Gasteiger partial charge in [-0.1, -0.05) is 6.92 Å². The molecule has 0 aromatic rings. The maximum Gasteiger partial charge on any atom is 0.0678 e. The van der Waals surface area contributed by atoms with Gasteiger partial charge in [-0.3, -0.25) is 4.90 Å². The fourth-order valence-corrected chi connectivity index (χ4v) is 2.17. The molecule has 1 fully saturated rings. The Kier molecular flexibility index (Phi) is 4.85. The maximum atomic E-state index is 5.70. The van der Waals surface area contributed by atoms with E-state index in [1.165, 1.54) is 6.42 Å². The first-order chi connectivity index (χ1) is 6.65. The zero-order valence-corrected chi connectivity index (χ0v) is 9.92. The van der Waals surface area contributed by atoms with Crippen molar-refractivity contribution in [2.24, 2.45) is 0 Å². The molecule has 0 aliphatic carbocycles. The predicted molar refractivity (Wildman–Crippen MR) is 59.6 cm³/mol. The third-order valence-electron chi connectivity index (χ3n) is 2.87. The Hall–Kier alpha value is -0.120. The van der Waals surface area contributed by atoms with Gasteiger partial charge in [-0.2, -0.15) is 0 Å². The summed E-state index contributed by atoms with van der Waals surface area (Å²) in [7, 11) is 2.04. The molecule has 0 aromatic heterocycles. The summed E-state index contributed by atoms with van der Waals surface area (Å²) in [6, 6.07) is 0.618. The number of nitrogens with one attached hydrogen (secondary N) is 1. The Morgan fingerprint density at radius 1 is 1.36 bits per heavy atom. The lowest BCUT2D eigenvalue weighted by atomic mass is 10.1. The molecule has 1 saturated heterocycles. The Morgan fingerprint density at radius 2 is 1.93 bits per heavy atom. The second-order valence-electron chi connectivity index (χ2n) is 4.37. The molecule has 84 valence electrons. The van der Waals surface area contributed by atoms with Crippen molar-refractivity contribution in [3.63, 3.8) is 0 Å². The van der Waals surface area contributed by atoms with Gasteiger partial charge in [-0.25, -0.2) is 0 Å². The van der Waals surface area contributed by atoms with Gasteiger partial charge in [0.25, 0.3) is 0 Å².